The summed E-state index contributed by atoms with van der Waals surface area (Å²) < 4.78 is 5.62. The van der Waals surface area contributed by atoms with Crippen molar-refractivity contribution in [1.82, 2.24) is 20.4 Å². The minimum Gasteiger partial charge on any atom is -0.396 e. The Morgan fingerprint density at radius 3 is 2.36 bits per heavy atom. The van der Waals surface area contributed by atoms with Crippen molar-refractivity contribution in [2.75, 3.05) is 73.2 Å². The third-order valence-electron chi connectivity index (χ3n) is 7.21. The number of hydrogen-bond acceptors (Lipinski definition) is 5. The zero-order valence-corrected chi connectivity index (χ0v) is 18.0. The van der Waals surface area contributed by atoms with Crippen molar-refractivity contribution in [3.63, 3.8) is 0 Å². The van der Waals surface area contributed by atoms with Crippen LogP contribution in [0.3, 0.4) is 0 Å². The van der Waals surface area contributed by atoms with Crippen molar-refractivity contribution in [2.45, 2.75) is 50.5 Å². The minimum absolute atomic E-state index is 0.0322. The van der Waals surface area contributed by atoms with Crippen LogP contribution in [0.5, 0.6) is 0 Å². The minimum atomic E-state index is 0.0322. The van der Waals surface area contributed by atoms with Crippen LogP contribution in [0, 0.1) is 5.41 Å². The first kappa shape index (κ1) is 21.8. The molecule has 3 aliphatic heterocycles. The number of nitrogens with one attached hydrogen (secondary N) is 2. The Bertz CT molecular complexity index is 493. The van der Waals surface area contributed by atoms with Crippen molar-refractivity contribution in [3.8, 4) is 0 Å². The molecule has 0 aliphatic carbocycles. The topological polar surface area (TPSA) is 72.4 Å². The van der Waals surface area contributed by atoms with Crippen LogP contribution in [0.25, 0.3) is 0 Å². The number of guanidine groups is 1. The summed E-state index contributed by atoms with van der Waals surface area (Å²) in [7, 11) is 4.08. The highest BCUT2D eigenvalue weighted by molar-refractivity contribution is 5.79. The van der Waals surface area contributed by atoms with Crippen molar-refractivity contribution < 1.29 is 9.84 Å². The predicted molar refractivity (Wildman–Crippen MR) is 114 cm³/mol. The van der Waals surface area contributed by atoms with E-state index in [2.05, 4.69) is 32.5 Å². The van der Waals surface area contributed by atoms with Crippen LogP contribution in [0.15, 0.2) is 4.99 Å². The molecule has 3 N–H and O–H groups in total. The summed E-state index contributed by atoms with van der Waals surface area (Å²) in [4.78, 5) is 9.68. The van der Waals surface area contributed by atoms with Gasteiger partial charge < -0.3 is 25.4 Å². The van der Waals surface area contributed by atoms with Crippen LogP contribution in [-0.2, 0) is 4.74 Å². The number of aliphatic imine (C=N–C) groups is 1. The van der Waals surface area contributed by atoms with Gasteiger partial charge in [-0.05, 0) is 71.8 Å². The second-order valence-corrected chi connectivity index (χ2v) is 9.13. The summed E-state index contributed by atoms with van der Waals surface area (Å²) in [6.45, 7) is 8.27. The van der Waals surface area contributed by atoms with Gasteiger partial charge in [-0.2, -0.15) is 0 Å². The lowest BCUT2D eigenvalue weighted by Crippen LogP contribution is -2.62. The van der Waals surface area contributed by atoms with Gasteiger partial charge in [-0.25, -0.2) is 0 Å². The highest BCUT2D eigenvalue weighted by Crippen LogP contribution is 2.32. The summed E-state index contributed by atoms with van der Waals surface area (Å²) in [6.07, 6.45) is 8.24. The predicted octanol–water partition coefficient (Wildman–Crippen LogP) is 0.891. The maximum Gasteiger partial charge on any atom is 0.191 e. The van der Waals surface area contributed by atoms with Gasteiger partial charge in [0, 0.05) is 44.3 Å². The van der Waals surface area contributed by atoms with Gasteiger partial charge >= 0.3 is 0 Å². The standard InChI is InChI=1S/C21H41N5O2/c1-22-19(23-16-20(8-14-27)9-15-28-18-20)24-17-21(6-12-25(2)13-7-21)26-10-4-3-5-11-26/h27H,3-18H2,1-2H3,(H2,22,23,24). The fourth-order valence-electron chi connectivity index (χ4n) is 5.06. The van der Waals surface area contributed by atoms with Gasteiger partial charge in [0.05, 0.1) is 6.61 Å². The van der Waals surface area contributed by atoms with Gasteiger partial charge in [-0.15, -0.1) is 0 Å². The molecule has 28 heavy (non-hydrogen) atoms. The molecule has 0 amide bonds. The first-order chi connectivity index (χ1) is 13.6. The second kappa shape index (κ2) is 10.2. The molecule has 0 radical (unpaired) electrons. The fraction of sp³-hybridized carbons (Fsp3) is 0.952. The van der Waals surface area contributed by atoms with E-state index in [9.17, 15) is 5.11 Å². The zero-order chi connectivity index (χ0) is 19.9. The van der Waals surface area contributed by atoms with Crippen molar-refractivity contribution >= 4 is 5.96 Å². The molecule has 3 rings (SSSR count). The lowest BCUT2D eigenvalue weighted by molar-refractivity contribution is 0.0172. The molecule has 0 bridgehead atoms. The van der Waals surface area contributed by atoms with Crippen LogP contribution in [-0.4, -0.2) is 99.6 Å². The SMILES string of the molecule is CN=C(NCC1(CCO)CCOC1)NCC1(N2CCCCC2)CCN(C)CC1. The molecule has 0 spiro atoms. The van der Waals surface area contributed by atoms with E-state index in [1.165, 1.54) is 58.3 Å². The lowest BCUT2D eigenvalue weighted by Gasteiger charge is -2.50. The molecule has 3 fully saturated rings. The van der Waals surface area contributed by atoms with E-state index in [-0.39, 0.29) is 17.6 Å². The van der Waals surface area contributed by atoms with Gasteiger partial charge in [0.25, 0.3) is 0 Å². The maximum atomic E-state index is 9.45. The lowest BCUT2D eigenvalue weighted by atomic mass is 9.83. The number of nitrogens with zero attached hydrogens (tertiary/aromatic N) is 3. The molecule has 1 atom stereocenters. The Morgan fingerprint density at radius 2 is 1.75 bits per heavy atom. The molecule has 0 saturated carbocycles. The van der Waals surface area contributed by atoms with Crippen molar-refractivity contribution in [3.05, 3.63) is 0 Å². The number of aliphatic hydroxyl groups excluding tert-OH is 1. The van der Waals surface area contributed by atoms with Crippen molar-refractivity contribution in [1.29, 1.82) is 0 Å². The van der Waals surface area contributed by atoms with Crippen molar-refractivity contribution in [2.24, 2.45) is 10.4 Å². The van der Waals surface area contributed by atoms with Gasteiger partial charge in [0.15, 0.2) is 5.96 Å². The Morgan fingerprint density at radius 1 is 1.04 bits per heavy atom. The van der Waals surface area contributed by atoms with E-state index < -0.39 is 0 Å². The molecular weight excluding hydrogens is 354 g/mol. The molecule has 7 nitrogen and oxygen atoms in total. The third-order valence-corrected chi connectivity index (χ3v) is 7.21. The fourth-order valence-corrected chi connectivity index (χ4v) is 5.06. The number of piperidine rings is 2. The third kappa shape index (κ3) is 5.38. The summed E-state index contributed by atoms with van der Waals surface area (Å²) >= 11 is 0. The van der Waals surface area contributed by atoms with Gasteiger partial charge in [0.1, 0.15) is 0 Å². The number of likely N-dealkylation sites (tertiary alicyclic amines) is 2. The first-order valence-corrected chi connectivity index (χ1v) is 11.2. The van der Waals surface area contributed by atoms with Gasteiger partial charge in [-0.3, -0.25) is 9.89 Å². The molecular formula is C21H41N5O2. The molecule has 1 unspecified atom stereocenters. The zero-order valence-electron chi connectivity index (χ0n) is 18.0. The number of hydrogen-bond donors (Lipinski definition) is 3. The molecule has 0 aromatic rings. The normalized spacial score (nSPS) is 29.8. The average molecular weight is 396 g/mol. The number of ether oxygens (including phenoxy) is 1. The molecule has 3 saturated heterocycles. The number of rotatable bonds is 7. The molecule has 3 heterocycles. The monoisotopic (exact) mass is 395 g/mol. The Balaban J connectivity index is 1.57. The van der Waals surface area contributed by atoms with Crippen LogP contribution in [0.4, 0.5) is 0 Å². The van der Waals surface area contributed by atoms with E-state index in [1.807, 2.05) is 7.05 Å². The van der Waals surface area contributed by atoms with Crippen LogP contribution >= 0.6 is 0 Å². The molecule has 3 aliphatic rings. The summed E-state index contributed by atoms with van der Waals surface area (Å²) in [5.74, 6) is 0.875. The Labute approximate surface area is 170 Å². The number of aliphatic hydroxyl groups is 1. The van der Waals surface area contributed by atoms with Gasteiger partial charge in [-0.1, -0.05) is 6.42 Å². The largest absolute Gasteiger partial charge is 0.396 e. The summed E-state index contributed by atoms with van der Waals surface area (Å²) in [5.41, 5.74) is 0.272. The maximum absolute atomic E-state index is 9.45. The molecule has 7 heteroatoms. The second-order valence-electron chi connectivity index (χ2n) is 9.13. The average Bonchev–Trinajstić information content (AvgIpc) is 3.19. The van der Waals surface area contributed by atoms with Crippen LogP contribution in [0.2, 0.25) is 0 Å². The summed E-state index contributed by atoms with van der Waals surface area (Å²) in [5, 5.41) is 16.6. The van der Waals surface area contributed by atoms with Crippen LogP contribution in [0.1, 0.15) is 44.9 Å². The highest BCUT2D eigenvalue weighted by atomic mass is 16.5. The smallest absolute Gasteiger partial charge is 0.191 e. The quantitative estimate of drug-likeness (QED) is 0.439. The Hall–Kier alpha value is -0.890. The van der Waals surface area contributed by atoms with Crippen LogP contribution < -0.4 is 10.6 Å². The molecule has 0 aromatic carbocycles. The van der Waals surface area contributed by atoms with E-state index in [1.54, 1.807) is 0 Å². The van der Waals surface area contributed by atoms with Gasteiger partial charge in [0.2, 0.25) is 0 Å². The summed E-state index contributed by atoms with van der Waals surface area (Å²) in [6, 6.07) is 0. The molecule has 162 valence electrons. The molecule has 0 aromatic heterocycles. The van der Waals surface area contributed by atoms with E-state index >= 15 is 0 Å². The highest BCUT2D eigenvalue weighted by Gasteiger charge is 2.40. The Kier molecular flexibility index (Phi) is 7.97. The first-order valence-electron chi connectivity index (χ1n) is 11.2. The van der Waals surface area contributed by atoms with E-state index in [4.69, 9.17) is 4.74 Å². The van der Waals surface area contributed by atoms with E-state index in [0.29, 0.717) is 0 Å². The van der Waals surface area contributed by atoms with E-state index in [0.717, 1.165) is 45.1 Å².